The molecule has 2 aromatic carbocycles. The highest BCUT2D eigenvalue weighted by atomic mass is 16.5. The van der Waals surface area contributed by atoms with Crippen molar-refractivity contribution in [3.8, 4) is 0 Å². The van der Waals surface area contributed by atoms with Crippen molar-refractivity contribution in [2.45, 2.75) is 32.7 Å². The third-order valence-electron chi connectivity index (χ3n) is 4.72. The lowest BCUT2D eigenvalue weighted by Gasteiger charge is -2.26. The van der Waals surface area contributed by atoms with Gasteiger partial charge in [-0.25, -0.2) is 4.79 Å². The Morgan fingerprint density at radius 2 is 1.56 bits per heavy atom. The van der Waals surface area contributed by atoms with Crippen molar-refractivity contribution >= 4 is 17.6 Å². The average molecular weight is 366 g/mol. The summed E-state index contributed by atoms with van der Waals surface area (Å²) in [7, 11) is 0. The van der Waals surface area contributed by atoms with Gasteiger partial charge in [-0.1, -0.05) is 18.6 Å². The normalized spacial score (nSPS) is 14.6. The fourth-order valence-electron chi connectivity index (χ4n) is 3.24. The van der Waals surface area contributed by atoms with Crippen molar-refractivity contribution in [3.63, 3.8) is 0 Å². The van der Waals surface area contributed by atoms with Gasteiger partial charge in [-0.15, -0.1) is 0 Å². The zero-order valence-corrected chi connectivity index (χ0v) is 15.7. The number of likely N-dealkylation sites (tertiary alicyclic amines) is 1. The van der Waals surface area contributed by atoms with E-state index in [1.165, 1.54) is 24.8 Å². The molecule has 0 unspecified atom stereocenters. The van der Waals surface area contributed by atoms with E-state index in [2.05, 4.69) is 10.2 Å². The van der Waals surface area contributed by atoms with Crippen LogP contribution in [0.3, 0.4) is 0 Å². The number of hydrogen-bond donors (Lipinski definition) is 1. The number of carbonyl (C=O) groups excluding carboxylic acids is 2. The molecule has 1 amide bonds. The topological polar surface area (TPSA) is 58.6 Å². The first-order valence-corrected chi connectivity index (χ1v) is 9.55. The van der Waals surface area contributed by atoms with Crippen molar-refractivity contribution in [2.24, 2.45) is 0 Å². The lowest BCUT2D eigenvalue weighted by atomic mass is 10.1. The standard InChI is InChI=1S/C22H26N2O3/c1-2-27-22(26)19-10-12-20(13-11-19)23-21(25)18-8-6-17(7-9-18)16-24-14-4-3-5-15-24/h6-13H,2-5,14-16H2,1H3,(H,23,25). The summed E-state index contributed by atoms with van der Waals surface area (Å²) >= 11 is 0. The van der Waals surface area contributed by atoms with Crippen LogP contribution >= 0.6 is 0 Å². The van der Waals surface area contributed by atoms with Crippen LogP contribution in [0.15, 0.2) is 48.5 Å². The first-order valence-electron chi connectivity index (χ1n) is 9.55. The van der Waals surface area contributed by atoms with Gasteiger partial charge in [-0.2, -0.15) is 0 Å². The van der Waals surface area contributed by atoms with Crippen LogP contribution in [0.25, 0.3) is 0 Å². The van der Waals surface area contributed by atoms with Gasteiger partial charge in [0.2, 0.25) is 0 Å². The molecule has 1 aliphatic heterocycles. The molecule has 0 bridgehead atoms. The van der Waals surface area contributed by atoms with E-state index < -0.39 is 0 Å². The summed E-state index contributed by atoms with van der Waals surface area (Å²) in [5, 5.41) is 2.86. The maximum Gasteiger partial charge on any atom is 0.338 e. The Labute approximate surface area is 160 Å². The molecule has 1 saturated heterocycles. The van der Waals surface area contributed by atoms with E-state index in [1.807, 2.05) is 24.3 Å². The van der Waals surface area contributed by atoms with Crippen LogP contribution in [-0.2, 0) is 11.3 Å². The van der Waals surface area contributed by atoms with Gasteiger partial charge < -0.3 is 10.1 Å². The quantitative estimate of drug-likeness (QED) is 0.782. The van der Waals surface area contributed by atoms with Gasteiger partial charge in [0, 0.05) is 17.8 Å². The first kappa shape index (κ1) is 19.1. The van der Waals surface area contributed by atoms with Crippen LogP contribution in [0.4, 0.5) is 5.69 Å². The number of nitrogens with zero attached hydrogens (tertiary/aromatic N) is 1. The molecule has 27 heavy (non-hydrogen) atoms. The number of esters is 1. The Bertz CT molecular complexity index is 763. The lowest BCUT2D eigenvalue weighted by molar-refractivity contribution is 0.0526. The number of benzene rings is 2. The summed E-state index contributed by atoms with van der Waals surface area (Å²) in [5.41, 5.74) is 2.96. The van der Waals surface area contributed by atoms with Crippen LogP contribution < -0.4 is 5.32 Å². The van der Waals surface area contributed by atoms with Crippen molar-refractivity contribution < 1.29 is 14.3 Å². The molecular weight excluding hydrogens is 340 g/mol. The van der Waals surface area contributed by atoms with Crippen molar-refractivity contribution in [2.75, 3.05) is 25.0 Å². The molecule has 1 N–H and O–H groups in total. The monoisotopic (exact) mass is 366 g/mol. The Balaban J connectivity index is 1.56. The fourth-order valence-corrected chi connectivity index (χ4v) is 3.24. The van der Waals surface area contributed by atoms with E-state index in [-0.39, 0.29) is 11.9 Å². The van der Waals surface area contributed by atoms with Gasteiger partial charge in [0.05, 0.1) is 12.2 Å². The second-order valence-corrected chi connectivity index (χ2v) is 6.79. The van der Waals surface area contributed by atoms with Gasteiger partial charge >= 0.3 is 5.97 Å². The molecular formula is C22H26N2O3. The summed E-state index contributed by atoms with van der Waals surface area (Å²) in [6, 6.07) is 14.5. The highest BCUT2D eigenvalue weighted by Gasteiger charge is 2.12. The van der Waals surface area contributed by atoms with Gasteiger partial charge in [-0.3, -0.25) is 9.69 Å². The summed E-state index contributed by atoms with van der Waals surface area (Å²) in [6.07, 6.45) is 3.88. The summed E-state index contributed by atoms with van der Waals surface area (Å²) < 4.78 is 4.95. The zero-order chi connectivity index (χ0) is 19.1. The molecule has 0 saturated carbocycles. The minimum atomic E-state index is -0.361. The Hall–Kier alpha value is -2.66. The van der Waals surface area contributed by atoms with E-state index in [1.54, 1.807) is 31.2 Å². The number of carbonyl (C=O) groups is 2. The summed E-state index contributed by atoms with van der Waals surface area (Å²) in [4.78, 5) is 26.5. The Morgan fingerprint density at radius 3 is 2.19 bits per heavy atom. The first-order chi connectivity index (χ1) is 13.2. The van der Waals surface area contributed by atoms with Crippen molar-refractivity contribution in [1.29, 1.82) is 0 Å². The molecule has 0 radical (unpaired) electrons. The van der Waals surface area contributed by atoms with E-state index in [4.69, 9.17) is 4.74 Å². The van der Waals surface area contributed by atoms with Crippen LogP contribution in [0.5, 0.6) is 0 Å². The maximum atomic E-state index is 12.4. The number of anilines is 1. The molecule has 0 spiro atoms. The largest absolute Gasteiger partial charge is 0.462 e. The number of amides is 1. The highest BCUT2D eigenvalue weighted by molar-refractivity contribution is 6.04. The van der Waals surface area contributed by atoms with E-state index in [0.29, 0.717) is 23.4 Å². The summed E-state index contributed by atoms with van der Waals surface area (Å²) in [5.74, 6) is -0.525. The van der Waals surface area contributed by atoms with Gasteiger partial charge in [-0.05, 0) is 74.8 Å². The van der Waals surface area contributed by atoms with Crippen molar-refractivity contribution in [3.05, 3.63) is 65.2 Å². The van der Waals surface area contributed by atoms with Gasteiger partial charge in [0.15, 0.2) is 0 Å². The zero-order valence-electron chi connectivity index (χ0n) is 15.7. The molecule has 0 aliphatic carbocycles. The number of piperidine rings is 1. The molecule has 2 aromatic rings. The third kappa shape index (κ3) is 5.41. The molecule has 0 atom stereocenters. The van der Waals surface area contributed by atoms with Gasteiger partial charge in [0.25, 0.3) is 5.91 Å². The molecule has 3 rings (SSSR count). The predicted molar refractivity (Wildman–Crippen MR) is 106 cm³/mol. The van der Waals surface area contributed by atoms with E-state index in [9.17, 15) is 9.59 Å². The average Bonchev–Trinajstić information content (AvgIpc) is 2.70. The minimum Gasteiger partial charge on any atom is -0.462 e. The van der Waals surface area contributed by atoms with Gasteiger partial charge in [0.1, 0.15) is 0 Å². The van der Waals surface area contributed by atoms with Crippen LogP contribution in [0.1, 0.15) is 52.5 Å². The third-order valence-corrected chi connectivity index (χ3v) is 4.72. The fraction of sp³-hybridized carbons (Fsp3) is 0.364. The smallest absolute Gasteiger partial charge is 0.338 e. The second kappa shape index (κ2) is 9.33. The number of hydrogen-bond acceptors (Lipinski definition) is 4. The molecule has 1 aliphatic rings. The molecule has 1 heterocycles. The number of ether oxygens (including phenoxy) is 1. The highest BCUT2D eigenvalue weighted by Crippen LogP contribution is 2.15. The van der Waals surface area contributed by atoms with Crippen molar-refractivity contribution in [1.82, 2.24) is 4.90 Å². The lowest BCUT2D eigenvalue weighted by Crippen LogP contribution is -2.29. The van der Waals surface area contributed by atoms with E-state index in [0.717, 1.165) is 19.6 Å². The second-order valence-electron chi connectivity index (χ2n) is 6.79. The maximum absolute atomic E-state index is 12.4. The SMILES string of the molecule is CCOC(=O)c1ccc(NC(=O)c2ccc(CN3CCCCC3)cc2)cc1. The summed E-state index contributed by atoms with van der Waals surface area (Å²) in [6.45, 7) is 5.36. The Kier molecular flexibility index (Phi) is 6.60. The Morgan fingerprint density at radius 1 is 0.926 bits per heavy atom. The number of rotatable bonds is 6. The molecule has 5 heteroatoms. The predicted octanol–water partition coefficient (Wildman–Crippen LogP) is 4.10. The van der Waals surface area contributed by atoms with Crippen LogP contribution in [0, 0.1) is 0 Å². The molecule has 1 fully saturated rings. The molecule has 5 nitrogen and oxygen atoms in total. The molecule has 142 valence electrons. The van der Waals surface area contributed by atoms with Crippen LogP contribution in [0.2, 0.25) is 0 Å². The van der Waals surface area contributed by atoms with Crippen LogP contribution in [-0.4, -0.2) is 36.5 Å². The molecule has 0 aromatic heterocycles. The minimum absolute atomic E-state index is 0.164. The number of nitrogens with one attached hydrogen (secondary N) is 1. The van der Waals surface area contributed by atoms with E-state index >= 15 is 0 Å².